The van der Waals surface area contributed by atoms with Crippen molar-refractivity contribution in [2.75, 3.05) is 5.32 Å². The first-order chi connectivity index (χ1) is 11.3. The van der Waals surface area contributed by atoms with Gasteiger partial charge < -0.3 is 5.32 Å². The Morgan fingerprint density at radius 1 is 1.25 bits per heavy atom. The minimum absolute atomic E-state index is 0.152. The van der Waals surface area contributed by atoms with Gasteiger partial charge in [-0.1, -0.05) is 0 Å². The van der Waals surface area contributed by atoms with Gasteiger partial charge in [-0.05, 0) is 31.2 Å². The summed E-state index contributed by atoms with van der Waals surface area (Å²) in [6.07, 6.45) is -2.79. The number of carbonyl (C=O) groups is 1. The molecule has 0 bridgehead atoms. The SMILES string of the molecule is Cc1cc2ccc(C(F)(F)F)nc2n1-c1cnc2c(c1)CC(=O)N2. The van der Waals surface area contributed by atoms with Gasteiger partial charge >= 0.3 is 6.18 Å². The molecule has 0 aliphatic carbocycles. The largest absolute Gasteiger partial charge is 0.433 e. The van der Waals surface area contributed by atoms with Crippen molar-refractivity contribution < 1.29 is 18.0 Å². The van der Waals surface area contributed by atoms with Gasteiger partial charge in [-0.25, -0.2) is 9.97 Å². The number of hydrogen-bond acceptors (Lipinski definition) is 3. The average Bonchev–Trinajstić information content (AvgIpc) is 3.02. The van der Waals surface area contributed by atoms with Crippen LogP contribution in [0, 0.1) is 6.92 Å². The van der Waals surface area contributed by atoms with Crippen molar-refractivity contribution >= 4 is 22.8 Å². The van der Waals surface area contributed by atoms with Crippen molar-refractivity contribution in [2.24, 2.45) is 0 Å². The lowest BCUT2D eigenvalue weighted by molar-refractivity contribution is -0.141. The molecular weight excluding hydrogens is 321 g/mol. The molecule has 24 heavy (non-hydrogen) atoms. The highest BCUT2D eigenvalue weighted by molar-refractivity contribution is 5.98. The predicted molar refractivity (Wildman–Crippen MR) is 80.9 cm³/mol. The predicted octanol–water partition coefficient (Wildman–Crippen LogP) is 3.24. The lowest BCUT2D eigenvalue weighted by Gasteiger charge is -2.10. The number of nitrogens with zero attached hydrogens (tertiary/aromatic N) is 3. The molecule has 0 atom stereocenters. The van der Waals surface area contributed by atoms with Crippen molar-refractivity contribution in [3.05, 3.63) is 47.4 Å². The van der Waals surface area contributed by atoms with Crippen LogP contribution in [-0.2, 0) is 17.4 Å². The summed E-state index contributed by atoms with van der Waals surface area (Å²) in [5.74, 6) is 0.336. The minimum Gasteiger partial charge on any atom is -0.310 e. The molecule has 0 saturated carbocycles. The number of fused-ring (bicyclic) bond motifs is 2. The van der Waals surface area contributed by atoms with Gasteiger partial charge in [0.05, 0.1) is 18.3 Å². The van der Waals surface area contributed by atoms with Crippen LogP contribution in [0.4, 0.5) is 19.0 Å². The summed E-state index contributed by atoms with van der Waals surface area (Å²) in [4.78, 5) is 19.4. The van der Waals surface area contributed by atoms with E-state index in [4.69, 9.17) is 0 Å². The lowest BCUT2D eigenvalue weighted by atomic mass is 10.2. The molecule has 4 heterocycles. The third-order valence-electron chi connectivity index (χ3n) is 3.94. The molecule has 1 aliphatic heterocycles. The quantitative estimate of drug-likeness (QED) is 0.744. The zero-order valence-electron chi connectivity index (χ0n) is 12.5. The van der Waals surface area contributed by atoms with E-state index in [9.17, 15) is 18.0 Å². The second-order valence-corrected chi connectivity index (χ2v) is 5.65. The number of halogens is 3. The number of rotatable bonds is 1. The van der Waals surface area contributed by atoms with Gasteiger partial charge in [-0.2, -0.15) is 13.2 Å². The highest BCUT2D eigenvalue weighted by atomic mass is 19.4. The lowest BCUT2D eigenvalue weighted by Crippen LogP contribution is -2.09. The Bertz CT molecular complexity index is 991. The molecule has 0 unspecified atom stereocenters. The molecule has 3 aromatic heterocycles. The van der Waals surface area contributed by atoms with Crippen LogP contribution in [0.25, 0.3) is 16.7 Å². The van der Waals surface area contributed by atoms with Crippen LogP contribution >= 0.6 is 0 Å². The van der Waals surface area contributed by atoms with Crippen LogP contribution in [0.2, 0.25) is 0 Å². The standard InChI is InChI=1S/C16H11F3N4O/c1-8-4-9-2-3-12(16(17,18)19)21-15(9)23(8)11-5-10-6-13(24)22-14(10)20-7-11/h2-5,7H,6H2,1H3,(H,20,22,24). The number of carbonyl (C=O) groups excluding carboxylic acids is 1. The van der Waals surface area contributed by atoms with E-state index < -0.39 is 11.9 Å². The number of hydrogen-bond donors (Lipinski definition) is 1. The Hall–Kier alpha value is -2.90. The van der Waals surface area contributed by atoms with Crippen LogP contribution < -0.4 is 5.32 Å². The highest BCUT2D eigenvalue weighted by Crippen LogP contribution is 2.31. The van der Waals surface area contributed by atoms with E-state index in [0.29, 0.717) is 22.5 Å². The molecule has 1 aliphatic rings. The number of nitrogens with one attached hydrogen (secondary N) is 1. The molecule has 4 rings (SSSR count). The Kier molecular flexibility index (Phi) is 2.93. The zero-order valence-corrected chi connectivity index (χ0v) is 12.5. The second kappa shape index (κ2) is 4.80. The van der Waals surface area contributed by atoms with E-state index >= 15 is 0 Å². The summed E-state index contributed by atoms with van der Waals surface area (Å²) in [7, 11) is 0. The normalized spacial score (nSPS) is 14.1. The summed E-state index contributed by atoms with van der Waals surface area (Å²) in [5.41, 5.74) is 1.29. The highest BCUT2D eigenvalue weighted by Gasteiger charge is 2.33. The topological polar surface area (TPSA) is 59.8 Å². The fourth-order valence-electron chi connectivity index (χ4n) is 2.91. The third kappa shape index (κ3) is 2.22. The fourth-order valence-corrected chi connectivity index (χ4v) is 2.91. The van der Waals surface area contributed by atoms with Crippen molar-refractivity contribution in [3.8, 4) is 5.69 Å². The average molecular weight is 332 g/mol. The van der Waals surface area contributed by atoms with Gasteiger partial charge in [-0.3, -0.25) is 9.36 Å². The molecule has 122 valence electrons. The monoisotopic (exact) mass is 332 g/mol. The van der Waals surface area contributed by atoms with Crippen molar-refractivity contribution in [1.82, 2.24) is 14.5 Å². The van der Waals surface area contributed by atoms with Crippen LogP contribution in [0.3, 0.4) is 0 Å². The number of anilines is 1. The zero-order chi connectivity index (χ0) is 17.1. The van der Waals surface area contributed by atoms with E-state index in [-0.39, 0.29) is 18.0 Å². The minimum atomic E-state index is -4.51. The molecule has 8 heteroatoms. The Morgan fingerprint density at radius 2 is 2.04 bits per heavy atom. The van der Waals surface area contributed by atoms with Crippen LogP contribution in [0.15, 0.2) is 30.5 Å². The second-order valence-electron chi connectivity index (χ2n) is 5.65. The van der Waals surface area contributed by atoms with Crippen LogP contribution in [0.1, 0.15) is 17.0 Å². The van der Waals surface area contributed by atoms with E-state index in [2.05, 4.69) is 15.3 Å². The number of pyridine rings is 2. The maximum Gasteiger partial charge on any atom is 0.433 e. The molecule has 5 nitrogen and oxygen atoms in total. The maximum absolute atomic E-state index is 12.9. The Labute approximate surface area is 134 Å². The number of aryl methyl sites for hydroxylation is 1. The Morgan fingerprint density at radius 3 is 2.79 bits per heavy atom. The van der Waals surface area contributed by atoms with Crippen molar-refractivity contribution in [1.29, 1.82) is 0 Å². The van der Waals surface area contributed by atoms with Gasteiger partial charge in [-0.15, -0.1) is 0 Å². The maximum atomic E-state index is 12.9. The van der Waals surface area contributed by atoms with Gasteiger partial charge in [0.15, 0.2) is 0 Å². The molecule has 0 aromatic carbocycles. The van der Waals surface area contributed by atoms with Gasteiger partial charge in [0, 0.05) is 16.6 Å². The number of aromatic nitrogens is 3. The van der Waals surface area contributed by atoms with Crippen molar-refractivity contribution in [3.63, 3.8) is 0 Å². The molecule has 1 amide bonds. The summed E-state index contributed by atoms with van der Waals surface area (Å²) < 4.78 is 40.5. The van der Waals surface area contributed by atoms with E-state index in [0.717, 1.165) is 11.8 Å². The molecule has 0 spiro atoms. The van der Waals surface area contributed by atoms with Gasteiger partial charge in [0.25, 0.3) is 0 Å². The molecule has 0 fully saturated rings. The van der Waals surface area contributed by atoms with E-state index in [1.54, 1.807) is 23.6 Å². The molecule has 3 aromatic rings. The molecule has 1 N–H and O–H groups in total. The van der Waals surface area contributed by atoms with Gasteiger partial charge in [0.2, 0.25) is 5.91 Å². The fraction of sp³-hybridized carbons (Fsp3) is 0.188. The first-order valence-corrected chi connectivity index (χ1v) is 7.18. The summed E-state index contributed by atoms with van der Waals surface area (Å²) in [5, 5.41) is 3.23. The van der Waals surface area contributed by atoms with E-state index in [1.165, 1.54) is 12.3 Å². The number of alkyl halides is 3. The summed E-state index contributed by atoms with van der Waals surface area (Å²) in [6, 6.07) is 5.88. The Balaban J connectivity index is 1.92. The molecular formula is C16H11F3N4O. The summed E-state index contributed by atoms with van der Waals surface area (Å²) in [6.45, 7) is 1.78. The van der Waals surface area contributed by atoms with Crippen LogP contribution in [-0.4, -0.2) is 20.4 Å². The first-order valence-electron chi connectivity index (χ1n) is 7.18. The first kappa shape index (κ1) is 14.7. The third-order valence-corrected chi connectivity index (χ3v) is 3.94. The van der Waals surface area contributed by atoms with Crippen LogP contribution in [0.5, 0.6) is 0 Å². The summed E-state index contributed by atoms with van der Waals surface area (Å²) >= 11 is 0. The molecule has 0 radical (unpaired) electrons. The smallest absolute Gasteiger partial charge is 0.310 e. The van der Waals surface area contributed by atoms with Gasteiger partial charge in [0.1, 0.15) is 17.2 Å². The van der Waals surface area contributed by atoms with Crippen molar-refractivity contribution in [2.45, 2.75) is 19.5 Å². The molecule has 0 saturated heterocycles. The van der Waals surface area contributed by atoms with E-state index in [1.807, 2.05) is 0 Å². The number of amides is 1.